The van der Waals surface area contributed by atoms with Crippen molar-refractivity contribution in [2.45, 2.75) is 19.8 Å². The number of hydrogen-bond donors (Lipinski definition) is 1. The van der Waals surface area contributed by atoms with Crippen molar-refractivity contribution in [3.8, 4) is 6.07 Å². The van der Waals surface area contributed by atoms with E-state index in [2.05, 4.69) is 23.3 Å². The monoisotopic (exact) mass is 218 g/mol. The van der Waals surface area contributed by atoms with Crippen LogP contribution in [0.3, 0.4) is 0 Å². The maximum Gasteiger partial charge on any atom is 0.130 e. The molecule has 4 nitrogen and oxygen atoms in total. The second-order valence-corrected chi connectivity index (χ2v) is 3.64. The largest absolute Gasteiger partial charge is 0.370 e. The van der Waals surface area contributed by atoms with Crippen LogP contribution in [0.25, 0.3) is 0 Å². The molecular weight excluding hydrogens is 200 g/mol. The Morgan fingerprint density at radius 2 is 2.31 bits per heavy atom. The van der Waals surface area contributed by atoms with Crippen LogP contribution in [0.1, 0.15) is 19.8 Å². The van der Waals surface area contributed by atoms with Gasteiger partial charge in [-0.25, -0.2) is 4.98 Å². The summed E-state index contributed by atoms with van der Waals surface area (Å²) in [7, 11) is 1.95. The SMILES string of the molecule is CCCNc1cccc(N(C)CCC#N)n1. The quantitative estimate of drug-likeness (QED) is 0.795. The molecule has 1 heterocycles. The maximum absolute atomic E-state index is 8.52. The van der Waals surface area contributed by atoms with Crippen LogP contribution >= 0.6 is 0 Å². The predicted octanol–water partition coefficient (Wildman–Crippen LogP) is 2.25. The molecular formula is C12H18N4. The predicted molar refractivity (Wildman–Crippen MR) is 66.5 cm³/mol. The summed E-state index contributed by atoms with van der Waals surface area (Å²) in [5.41, 5.74) is 0. The van der Waals surface area contributed by atoms with Gasteiger partial charge in [-0.1, -0.05) is 13.0 Å². The Hall–Kier alpha value is -1.76. The highest BCUT2D eigenvalue weighted by molar-refractivity contribution is 5.46. The highest BCUT2D eigenvalue weighted by Gasteiger charge is 2.02. The van der Waals surface area contributed by atoms with Crippen LogP contribution in [0.2, 0.25) is 0 Å². The molecule has 1 N–H and O–H groups in total. The lowest BCUT2D eigenvalue weighted by Gasteiger charge is -2.17. The van der Waals surface area contributed by atoms with Gasteiger partial charge in [0, 0.05) is 20.1 Å². The normalized spacial score (nSPS) is 9.56. The number of aromatic nitrogens is 1. The van der Waals surface area contributed by atoms with Gasteiger partial charge >= 0.3 is 0 Å². The maximum atomic E-state index is 8.52. The Kier molecular flexibility index (Phi) is 5.13. The minimum absolute atomic E-state index is 0.519. The van der Waals surface area contributed by atoms with E-state index in [-0.39, 0.29) is 0 Å². The summed E-state index contributed by atoms with van der Waals surface area (Å²) in [4.78, 5) is 6.45. The molecule has 1 aromatic heterocycles. The summed E-state index contributed by atoms with van der Waals surface area (Å²) < 4.78 is 0. The van der Waals surface area contributed by atoms with Crippen molar-refractivity contribution in [1.82, 2.24) is 4.98 Å². The molecule has 4 heteroatoms. The summed E-state index contributed by atoms with van der Waals surface area (Å²) in [6.45, 7) is 3.76. The zero-order valence-corrected chi connectivity index (χ0v) is 9.90. The fraction of sp³-hybridized carbons (Fsp3) is 0.500. The molecule has 0 atom stereocenters. The van der Waals surface area contributed by atoms with Gasteiger partial charge in [0.1, 0.15) is 11.6 Å². The van der Waals surface area contributed by atoms with Crippen LogP contribution in [0.4, 0.5) is 11.6 Å². The number of nitrogens with zero attached hydrogens (tertiary/aromatic N) is 3. The number of nitriles is 1. The molecule has 0 saturated heterocycles. The number of nitrogens with one attached hydrogen (secondary N) is 1. The first-order valence-corrected chi connectivity index (χ1v) is 5.57. The van der Waals surface area contributed by atoms with Crippen LogP contribution in [0, 0.1) is 11.3 Å². The molecule has 0 fully saturated rings. The standard InChI is InChI=1S/C12H18N4/c1-3-9-14-11-6-4-7-12(15-11)16(2)10-5-8-13/h4,6-7H,3,5,9-10H2,1-2H3,(H,14,15). The van der Waals surface area contributed by atoms with Crippen LogP contribution in [0.5, 0.6) is 0 Å². The van der Waals surface area contributed by atoms with Crippen LogP contribution in [-0.2, 0) is 0 Å². The molecule has 0 aliphatic rings. The Morgan fingerprint density at radius 1 is 1.50 bits per heavy atom. The van der Waals surface area contributed by atoms with E-state index in [0.717, 1.165) is 24.6 Å². The molecule has 0 aliphatic heterocycles. The van der Waals surface area contributed by atoms with Crippen molar-refractivity contribution >= 4 is 11.6 Å². The fourth-order valence-electron chi connectivity index (χ4n) is 1.32. The Balaban J connectivity index is 2.62. The summed E-state index contributed by atoms with van der Waals surface area (Å²) in [6.07, 6.45) is 1.60. The summed E-state index contributed by atoms with van der Waals surface area (Å²) in [6, 6.07) is 8.02. The third-order valence-electron chi connectivity index (χ3n) is 2.24. The molecule has 0 unspecified atom stereocenters. The van der Waals surface area contributed by atoms with E-state index in [1.54, 1.807) is 0 Å². The van der Waals surface area contributed by atoms with Crippen molar-refractivity contribution in [3.63, 3.8) is 0 Å². The smallest absolute Gasteiger partial charge is 0.130 e. The average molecular weight is 218 g/mol. The van der Waals surface area contributed by atoms with E-state index in [1.165, 1.54) is 0 Å². The molecule has 16 heavy (non-hydrogen) atoms. The van der Waals surface area contributed by atoms with Gasteiger partial charge in [-0.05, 0) is 18.6 Å². The highest BCUT2D eigenvalue weighted by Crippen LogP contribution is 2.12. The van der Waals surface area contributed by atoms with Crippen molar-refractivity contribution in [3.05, 3.63) is 18.2 Å². The van der Waals surface area contributed by atoms with Gasteiger partial charge < -0.3 is 10.2 Å². The summed E-state index contributed by atoms with van der Waals surface area (Å²) in [5, 5.41) is 11.8. The van der Waals surface area contributed by atoms with Gasteiger partial charge in [-0.2, -0.15) is 5.26 Å². The van der Waals surface area contributed by atoms with Crippen molar-refractivity contribution in [2.24, 2.45) is 0 Å². The van der Waals surface area contributed by atoms with Gasteiger partial charge in [0.2, 0.25) is 0 Å². The Morgan fingerprint density at radius 3 is 3.00 bits per heavy atom. The van der Waals surface area contributed by atoms with Crippen molar-refractivity contribution in [2.75, 3.05) is 30.4 Å². The Labute approximate surface area is 96.9 Å². The molecule has 0 spiro atoms. The first-order valence-electron chi connectivity index (χ1n) is 5.57. The van der Waals surface area contributed by atoms with Crippen molar-refractivity contribution < 1.29 is 0 Å². The molecule has 0 aliphatic carbocycles. The lowest BCUT2D eigenvalue weighted by atomic mass is 10.3. The van der Waals surface area contributed by atoms with Crippen molar-refractivity contribution in [1.29, 1.82) is 5.26 Å². The second-order valence-electron chi connectivity index (χ2n) is 3.64. The molecule has 1 aromatic rings. The number of pyridine rings is 1. The molecule has 0 amide bonds. The van der Waals surface area contributed by atoms with Gasteiger partial charge in [0.25, 0.3) is 0 Å². The van der Waals surface area contributed by atoms with E-state index in [9.17, 15) is 0 Å². The molecule has 0 radical (unpaired) electrons. The number of anilines is 2. The van der Waals surface area contributed by atoms with E-state index in [0.29, 0.717) is 13.0 Å². The first-order chi connectivity index (χ1) is 7.77. The molecule has 86 valence electrons. The van der Waals surface area contributed by atoms with Gasteiger partial charge in [0.05, 0.1) is 12.5 Å². The highest BCUT2D eigenvalue weighted by atomic mass is 15.2. The van der Waals surface area contributed by atoms with Gasteiger partial charge in [-0.3, -0.25) is 0 Å². The zero-order chi connectivity index (χ0) is 11.8. The third-order valence-corrected chi connectivity index (χ3v) is 2.24. The molecule has 1 rings (SSSR count). The third kappa shape index (κ3) is 3.77. The fourth-order valence-corrected chi connectivity index (χ4v) is 1.32. The topological polar surface area (TPSA) is 52.0 Å². The minimum Gasteiger partial charge on any atom is -0.370 e. The number of rotatable bonds is 6. The van der Waals surface area contributed by atoms with Crippen LogP contribution in [-0.4, -0.2) is 25.1 Å². The Bertz CT molecular complexity index is 356. The van der Waals surface area contributed by atoms with Crippen LogP contribution in [0.15, 0.2) is 18.2 Å². The van der Waals surface area contributed by atoms with Gasteiger partial charge in [-0.15, -0.1) is 0 Å². The molecule has 0 saturated carbocycles. The summed E-state index contributed by atoms with van der Waals surface area (Å²) in [5.74, 6) is 1.79. The second kappa shape index (κ2) is 6.67. The van der Waals surface area contributed by atoms with E-state index < -0.39 is 0 Å². The molecule has 0 bridgehead atoms. The van der Waals surface area contributed by atoms with E-state index in [4.69, 9.17) is 5.26 Å². The zero-order valence-electron chi connectivity index (χ0n) is 9.90. The van der Waals surface area contributed by atoms with E-state index >= 15 is 0 Å². The average Bonchev–Trinajstić information content (AvgIpc) is 2.33. The first kappa shape index (κ1) is 12.3. The van der Waals surface area contributed by atoms with Gasteiger partial charge in [0.15, 0.2) is 0 Å². The lowest BCUT2D eigenvalue weighted by molar-refractivity contribution is 0.882. The van der Waals surface area contributed by atoms with Crippen LogP contribution < -0.4 is 10.2 Å². The number of hydrogen-bond acceptors (Lipinski definition) is 4. The summed E-state index contributed by atoms with van der Waals surface area (Å²) >= 11 is 0. The van der Waals surface area contributed by atoms with E-state index in [1.807, 2.05) is 30.1 Å². The minimum atomic E-state index is 0.519. The lowest BCUT2D eigenvalue weighted by Crippen LogP contribution is -2.19. The molecule has 0 aromatic carbocycles.